The Kier molecular flexibility index (Phi) is 11.3. The first-order valence-corrected chi connectivity index (χ1v) is 20.4. The average molecular weight is 807 g/mol. The quantitative estimate of drug-likeness (QED) is 0.122. The van der Waals surface area contributed by atoms with Crippen molar-refractivity contribution in [3.8, 4) is 33.6 Å². The molecular formula is C47H50N8O5. The number of imidazole rings is 2. The van der Waals surface area contributed by atoms with Gasteiger partial charge in [-0.25, -0.2) is 14.8 Å². The molecule has 4 aromatic carbocycles. The Hall–Kier alpha value is -6.60. The van der Waals surface area contributed by atoms with Crippen molar-refractivity contribution in [1.29, 1.82) is 0 Å². The van der Waals surface area contributed by atoms with Crippen LogP contribution in [0.3, 0.4) is 0 Å². The maximum Gasteiger partial charge on any atom is 0.407 e. The number of carbonyl (C=O) groups is 4. The smallest absolute Gasteiger partial charge is 0.407 e. The molecule has 2 fully saturated rings. The molecule has 0 saturated carbocycles. The van der Waals surface area contributed by atoms with E-state index in [1.807, 2.05) is 80.3 Å². The van der Waals surface area contributed by atoms with E-state index in [4.69, 9.17) is 14.7 Å². The second kappa shape index (κ2) is 16.9. The summed E-state index contributed by atoms with van der Waals surface area (Å²) >= 11 is 0. The third kappa shape index (κ3) is 8.04. The van der Waals surface area contributed by atoms with Crippen LogP contribution in [-0.4, -0.2) is 98.7 Å². The summed E-state index contributed by atoms with van der Waals surface area (Å²) in [6.45, 7) is 4.31. The Morgan fingerprint density at radius 2 is 1.52 bits per heavy atom. The number of carbonyl (C=O) groups excluding carboxylic acids is 4. The molecule has 4 heterocycles. The summed E-state index contributed by atoms with van der Waals surface area (Å²) in [5, 5.41) is 4.73. The number of ketones is 1. The number of amides is 3. The van der Waals surface area contributed by atoms with E-state index in [1.165, 1.54) is 12.0 Å². The van der Waals surface area contributed by atoms with Crippen LogP contribution >= 0.6 is 0 Å². The molecule has 3 amide bonds. The van der Waals surface area contributed by atoms with E-state index in [0.717, 1.165) is 62.9 Å². The highest BCUT2D eigenvalue weighted by Gasteiger charge is 2.41. The Balaban J connectivity index is 0.952. The number of hydrogen-bond donors (Lipinski definition) is 3. The van der Waals surface area contributed by atoms with Gasteiger partial charge in [-0.05, 0) is 78.0 Å². The Labute approximate surface area is 349 Å². The van der Waals surface area contributed by atoms with Gasteiger partial charge in [0.05, 0.1) is 43.3 Å². The molecule has 13 nitrogen and oxygen atoms in total. The van der Waals surface area contributed by atoms with Crippen LogP contribution in [0, 0.1) is 5.92 Å². The number of aromatic amines is 2. The molecule has 8 rings (SSSR count). The monoisotopic (exact) mass is 806 g/mol. The van der Waals surface area contributed by atoms with E-state index in [-0.39, 0.29) is 48.6 Å². The number of rotatable bonds is 11. The van der Waals surface area contributed by atoms with Crippen LogP contribution in [0.4, 0.5) is 4.79 Å². The summed E-state index contributed by atoms with van der Waals surface area (Å²) in [5.74, 6) is 0.768. The minimum Gasteiger partial charge on any atom is -0.453 e. The SMILES string of the molecule is COC(=O)NC(C(=O)N1CC(=O)CC1c1nc(-c2ccc3cc(-c4ccc(-c5cnc(C6CCCN6C(=O)C(c6ccccc6)N(C)C)[nH]5)cc4)ccc3c2)c[nH]1)C(C)C. The van der Waals surface area contributed by atoms with Gasteiger partial charge in [0.1, 0.15) is 23.7 Å². The normalized spacial score (nSPS) is 17.8. The summed E-state index contributed by atoms with van der Waals surface area (Å²) in [6.07, 6.45) is 4.88. The van der Waals surface area contributed by atoms with E-state index in [2.05, 4.69) is 69.9 Å². The molecule has 0 bridgehead atoms. The first-order chi connectivity index (χ1) is 29.0. The average Bonchev–Trinajstić information content (AvgIpc) is 4.09. The standard InChI is InChI=1S/C47H50N8O5/c1-28(2)41(52-47(59)60-5)45(57)55-27-36(56)24-40(55)44-49-26-38(51-44)35-20-19-33-22-32(17-18-34(33)23-35)29-13-15-30(16-14-29)37-25-48-43(50-37)39-12-9-21-54(39)46(58)42(53(3)4)31-10-7-6-8-11-31/h6-8,10-11,13-20,22-23,25-26,28,39-42H,9,12,21,24,27H2,1-5H3,(H,48,50)(H,49,51)(H,52,59). The predicted octanol–water partition coefficient (Wildman–Crippen LogP) is 7.48. The van der Waals surface area contributed by atoms with E-state index < -0.39 is 18.2 Å². The van der Waals surface area contributed by atoms with Crippen molar-refractivity contribution >= 4 is 34.5 Å². The minimum absolute atomic E-state index is 0.0487. The fraction of sp³-hybridized carbons (Fsp3) is 0.319. The zero-order valence-corrected chi connectivity index (χ0v) is 34.5. The van der Waals surface area contributed by atoms with Gasteiger partial charge in [-0.3, -0.25) is 19.3 Å². The maximum absolute atomic E-state index is 13.9. The molecule has 4 atom stereocenters. The van der Waals surface area contributed by atoms with Crippen LogP contribution in [0.5, 0.6) is 0 Å². The van der Waals surface area contributed by atoms with Crippen molar-refractivity contribution in [2.24, 2.45) is 5.92 Å². The molecule has 2 saturated heterocycles. The largest absolute Gasteiger partial charge is 0.453 e. The number of methoxy groups -OCH3 is 1. The third-order valence-corrected chi connectivity index (χ3v) is 11.7. The first-order valence-electron chi connectivity index (χ1n) is 20.4. The third-order valence-electron chi connectivity index (χ3n) is 11.7. The molecule has 0 aliphatic carbocycles. The first kappa shape index (κ1) is 40.2. The number of aromatic nitrogens is 4. The van der Waals surface area contributed by atoms with Gasteiger partial charge in [0, 0.05) is 24.7 Å². The number of fused-ring (bicyclic) bond motifs is 1. The van der Waals surface area contributed by atoms with Crippen molar-refractivity contribution in [3.05, 3.63) is 121 Å². The molecule has 2 aliphatic rings. The lowest BCUT2D eigenvalue weighted by atomic mass is 9.98. The molecule has 0 radical (unpaired) electrons. The molecule has 0 spiro atoms. The number of nitrogens with one attached hydrogen (secondary N) is 3. The highest BCUT2D eigenvalue weighted by atomic mass is 16.5. The van der Waals surface area contributed by atoms with Crippen LogP contribution < -0.4 is 5.32 Å². The lowest BCUT2D eigenvalue weighted by molar-refractivity contribution is -0.137. The molecule has 3 N–H and O–H groups in total. The molecule has 13 heteroatoms. The predicted molar refractivity (Wildman–Crippen MR) is 229 cm³/mol. The minimum atomic E-state index is -0.844. The lowest BCUT2D eigenvalue weighted by Crippen LogP contribution is -2.51. The number of benzene rings is 4. The summed E-state index contributed by atoms with van der Waals surface area (Å²) < 4.78 is 4.73. The van der Waals surface area contributed by atoms with E-state index >= 15 is 0 Å². The van der Waals surface area contributed by atoms with Crippen LogP contribution in [0.1, 0.15) is 68.4 Å². The van der Waals surface area contributed by atoms with Crippen molar-refractivity contribution in [3.63, 3.8) is 0 Å². The van der Waals surface area contributed by atoms with Gasteiger partial charge in [-0.2, -0.15) is 0 Å². The van der Waals surface area contributed by atoms with E-state index in [0.29, 0.717) is 18.1 Å². The van der Waals surface area contributed by atoms with Crippen LogP contribution in [0.25, 0.3) is 44.4 Å². The fourth-order valence-corrected chi connectivity index (χ4v) is 8.55. The number of likely N-dealkylation sites (N-methyl/N-ethyl adjacent to an activating group) is 1. The fourth-order valence-electron chi connectivity index (χ4n) is 8.55. The second-order valence-electron chi connectivity index (χ2n) is 16.3. The molecule has 2 aliphatic heterocycles. The van der Waals surface area contributed by atoms with Crippen molar-refractivity contribution < 1.29 is 23.9 Å². The van der Waals surface area contributed by atoms with Gasteiger partial charge in [0.2, 0.25) is 11.8 Å². The maximum atomic E-state index is 13.9. The molecule has 308 valence electrons. The zero-order valence-electron chi connectivity index (χ0n) is 34.5. The number of nitrogens with zero attached hydrogens (tertiary/aromatic N) is 5. The number of ether oxygens (including phenoxy) is 1. The van der Waals surface area contributed by atoms with E-state index in [1.54, 1.807) is 6.20 Å². The number of hydrogen-bond acceptors (Lipinski definition) is 8. The summed E-state index contributed by atoms with van der Waals surface area (Å²) in [6, 6.07) is 29.0. The van der Waals surface area contributed by atoms with Crippen molar-refractivity contribution in [2.75, 3.05) is 34.3 Å². The Morgan fingerprint density at radius 3 is 2.22 bits per heavy atom. The summed E-state index contributed by atoms with van der Waals surface area (Å²) in [7, 11) is 5.14. The summed E-state index contributed by atoms with van der Waals surface area (Å²) in [5.41, 5.74) is 6.66. The van der Waals surface area contributed by atoms with Gasteiger partial charge in [0.25, 0.3) is 0 Å². The van der Waals surface area contributed by atoms with Gasteiger partial charge >= 0.3 is 6.09 Å². The molecule has 60 heavy (non-hydrogen) atoms. The second-order valence-corrected chi connectivity index (χ2v) is 16.3. The molecule has 4 unspecified atom stereocenters. The Bertz CT molecular complexity index is 2530. The van der Waals surface area contributed by atoms with Gasteiger partial charge < -0.3 is 29.8 Å². The number of Topliss-reactive ketones (excluding diaryl/α,β-unsaturated/α-hetero) is 1. The van der Waals surface area contributed by atoms with Gasteiger partial charge in [-0.1, -0.05) is 92.7 Å². The van der Waals surface area contributed by atoms with Crippen molar-refractivity contribution in [1.82, 2.24) is 40.0 Å². The number of likely N-dealkylation sites (tertiary alicyclic amines) is 2. The van der Waals surface area contributed by atoms with Crippen LogP contribution in [-0.2, 0) is 19.1 Å². The highest BCUT2D eigenvalue weighted by Crippen LogP contribution is 2.36. The van der Waals surface area contributed by atoms with Gasteiger partial charge in [0.15, 0.2) is 5.78 Å². The summed E-state index contributed by atoms with van der Waals surface area (Å²) in [4.78, 5) is 73.9. The van der Waals surface area contributed by atoms with Crippen LogP contribution in [0.2, 0.25) is 0 Å². The molecular weight excluding hydrogens is 757 g/mol. The zero-order chi connectivity index (χ0) is 42.1. The van der Waals surface area contributed by atoms with E-state index in [9.17, 15) is 19.2 Å². The topological polar surface area (TPSA) is 157 Å². The number of alkyl carbamates (subject to hydrolysis) is 1. The molecule has 2 aromatic heterocycles. The highest BCUT2D eigenvalue weighted by molar-refractivity contribution is 5.94. The Morgan fingerprint density at radius 1 is 0.833 bits per heavy atom. The van der Waals surface area contributed by atoms with Crippen LogP contribution in [0.15, 0.2) is 103 Å². The number of H-pyrrole nitrogens is 2. The molecule has 6 aromatic rings. The lowest BCUT2D eigenvalue weighted by Gasteiger charge is -2.31. The van der Waals surface area contributed by atoms with Gasteiger partial charge in [-0.15, -0.1) is 0 Å². The van der Waals surface area contributed by atoms with Crippen molar-refractivity contribution in [2.45, 2.75) is 57.3 Å².